The third-order valence-corrected chi connectivity index (χ3v) is 7.75. The van der Waals surface area contributed by atoms with E-state index in [2.05, 4.69) is 24.5 Å². The zero-order valence-corrected chi connectivity index (χ0v) is 18.7. The molecule has 10 heteroatoms. The topological polar surface area (TPSA) is 105 Å². The first-order valence-electron chi connectivity index (χ1n) is 10.2. The number of carbonyl (C=O) groups excluding carboxylic acids is 2. The number of rotatable bonds is 6. The van der Waals surface area contributed by atoms with E-state index in [4.69, 9.17) is 11.6 Å². The van der Waals surface area contributed by atoms with E-state index < -0.39 is 4.92 Å². The molecule has 2 N–H and O–H groups in total. The number of amides is 2. The van der Waals surface area contributed by atoms with Crippen LogP contribution in [0.25, 0.3) is 0 Å². The lowest BCUT2D eigenvalue weighted by atomic mass is 10.0. The second-order valence-electron chi connectivity index (χ2n) is 7.97. The molecule has 2 amide bonds. The number of benzene rings is 1. The number of halogens is 1. The van der Waals surface area contributed by atoms with E-state index >= 15 is 0 Å². The fourth-order valence-corrected chi connectivity index (χ4v) is 5.32. The average molecular weight is 455 g/mol. The summed E-state index contributed by atoms with van der Waals surface area (Å²) in [5, 5.41) is 17.5. The maximum Gasteiger partial charge on any atom is 0.270 e. The van der Waals surface area contributed by atoms with Gasteiger partial charge in [0.25, 0.3) is 11.6 Å². The molecule has 2 aliphatic rings. The maximum absolute atomic E-state index is 12.8. The summed E-state index contributed by atoms with van der Waals surface area (Å²) < 4.78 is 0. The van der Waals surface area contributed by atoms with Gasteiger partial charge in [0.15, 0.2) is 0 Å². The Morgan fingerprint density at radius 2 is 2.13 bits per heavy atom. The number of hydrogen-bond donors (Lipinski definition) is 2. The highest BCUT2D eigenvalue weighted by Gasteiger charge is 2.44. The van der Waals surface area contributed by atoms with Crippen molar-refractivity contribution in [3.63, 3.8) is 0 Å². The van der Waals surface area contributed by atoms with Gasteiger partial charge in [0.05, 0.1) is 26.4 Å². The summed E-state index contributed by atoms with van der Waals surface area (Å²) in [5.41, 5.74) is 0.130. The van der Waals surface area contributed by atoms with Crippen LogP contribution in [0.1, 0.15) is 43.5 Å². The second-order valence-corrected chi connectivity index (χ2v) is 9.78. The van der Waals surface area contributed by atoms with Gasteiger partial charge in [0, 0.05) is 37.5 Å². The lowest BCUT2D eigenvalue weighted by Gasteiger charge is -2.39. The lowest BCUT2D eigenvalue weighted by molar-refractivity contribution is -0.384. The van der Waals surface area contributed by atoms with Gasteiger partial charge in [-0.3, -0.25) is 25.0 Å². The molecule has 0 radical (unpaired) electrons. The van der Waals surface area contributed by atoms with Gasteiger partial charge in [-0.2, -0.15) is 0 Å². The molecule has 0 aliphatic carbocycles. The van der Waals surface area contributed by atoms with Crippen molar-refractivity contribution in [1.82, 2.24) is 15.5 Å². The number of non-ortho nitro benzene ring substituents is 1. The van der Waals surface area contributed by atoms with Crippen LogP contribution in [0.2, 0.25) is 5.02 Å². The largest absolute Gasteiger partial charge is 0.354 e. The van der Waals surface area contributed by atoms with Gasteiger partial charge >= 0.3 is 0 Å². The Hall–Kier alpha value is -1.84. The van der Waals surface area contributed by atoms with Crippen LogP contribution in [0.15, 0.2) is 18.2 Å². The monoisotopic (exact) mass is 454 g/mol. The van der Waals surface area contributed by atoms with Gasteiger partial charge in [-0.05, 0) is 24.8 Å². The van der Waals surface area contributed by atoms with Crippen LogP contribution in [0.3, 0.4) is 0 Å². The molecule has 2 heterocycles. The van der Waals surface area contributed by atoms with E-state index in [1.165, 1.54) is 18.2 Å². The van der Waals surface area contributed by atoms with E-state index in [-0.39, 0.29) is 39.0 Å². The molecule has 8 nitrogen and oxygen atoms in total. The molecular weight excluding hydrogens is 428 g/mol. The zero-order valence-electron chi connectivity index (χ0n) is 17.2. The van der Waals surface area contributed by atoms with Crippen molar-refractivity contribution in [3.05, 3.63) is 38.9 Å². The lowest BCUT2D eigenvalue weighted by Crippen LogP contribution is -2.54. The quantitative estimate of drug-likeness (QED) is 0.505. The summed E-state index contributed by atoms with van der Waals surface area (Å²) in [7, 11) is 0. The molecule has 3 rings (SSSR count). The molecule has 2 aliphatic heterocycles. The standard InChI is InChI=1S/C20H27ClN4O4S/c1-3-13(2)11-22-18(26)17-12-30-20(23-17)6-8-24(9-7-20)19(27)15-5-4-14(25(28)29)10-16(15)21/h4-5,10,13,17,23H,3,6-9,11-12H2,1-2H3,(H,22,26). The van der Waals surface area contributed by atoms with Gasteiger partial charge in [-0.1, -0.05) is 31.9 Å². The Labute approximate surface area is 185 Å². The molecule has 2 atom stereocenters. The number of nitro benzene ring substituents is 1. The molecule has 1 spiro atoms. The van der Waals surface area contributed by atoms with Crippen LogP contribution >= 0.6 is 23.4 Å². The summed E-state index contributed by atoms with van der Waals surface area (Å²) in [6, 6.07) is 3.69. The van der Waals surface area contributed by atoms with E-state index in [9.17, 15) is 19.7 Å². The van der Waals surface area contributed by atoms with Crippen LogP contribution in [-0.4, -0.2) is 57.9 Å². The Kier molecular flexibility index (Phi) is 7.26. The second kappa shape index (κ2) is 9.53. The number of nitrogens with zero attached hydrogens (tertiary/aromatic N) is 2. The van der Waals surface area contributed by atoms with Gasteiger partial charge in [0.1, 0.15) is 0 Å². The molecule has 30 heavy (non-hydrogen) atoms. The Morgan fingerprint density at radius 1 is 1.43 bits per heavy atom. The van der Waals surface area contributed by atoms with Crippen LogP contribution in [0.5, 0.6) is 0 Å². The van der Waals surface area contributed by atoms with Crippen molar-refractivity contribution in [2.75, 3.05) is 25.4 Å². The van der Waals surface area contributed by atoms with Crippen LogP contribution in [0.4, 0.5) is 5.69 Å². The number of piperidine rings is 1. The molecule has 0 saturated carbocycles. The van der Waals surface area contributed by atoms with E-state index in [0.717, 1.165) is 19.3 Å². The van der Waals surface area contributed by atoms with Gasteiger partial charge in [-0.15, -0.1) is 11.8 Å². The molecule has 1 aromatic rings. The highest BCUT2D eigenvalue weighted by molar-refractivity contribution is 8.01. The molecule has 1 aromatic carbocycles. The Bertz CT molecular complexity index is 829. The van der Waals surface area contributed by atoms with Crippen molar-refractivity contribution in [2.24, 2.45) is 5.92 Å². The minimum absolute atomic E-state index is 0.0378. The fraction of sp³-hybridized carbons (Fsp3) is 0.600. The summed E-state index contributed by atoms with van der Waals surface area (Å²) in [6.45, 7) is 5.97. The fourth-order valence-electron chi connectivity index (χ4n) is 3.65. The SMILES string of the molecule is CCC(C)CNC(=O)C1CSC2(CCN(C(=O)c3ccc([N+](=O)[O-])cc3Cl)CC2)N1. The Morgan fingerprint density at radius 3 is 2.73 bits per heavy atom. The highest BCUT2D eigenvalue weighted by Crippen LogP contribution is 2.39. The number of likely N-dealkylation sites (tertiary alicyclic amines) is 1. The molecular formula is C20H27ClN4O4S. The normalized spacial score (nSPS) is 21.4. The Balaban J connectivity index is 1.55. The first-order chi connectivity index (χ1) is 14.2. The van der Waals surface area contributed by atoms with Crippen LogP contribution in [0, 0.1) is 16.0 Å². The van der Waals surface area contributed by atoms with E-state index in [1.54, 1.807) is 16.7 Å². The predicted octanol–water partition coefficient (Wildman–Crippen LogP) is 3.05. The molecule has 2 unspecified atom stereocenters. The third kappa shape index (κ3) is 5.07. The number of nitrogens with one attached hydrogen (secondary N) is 2. The molecule has 0 aromatic heterocycles. The molecule has 164 valence electrons. The van der Waals surface area contributed by atoms with Gasteiger partial charge < -0.3 is 10.2 Å². The molecule has 2 saturated heterocycles. The summed E-state index contributed by atoms with van der Waals surface area (Å²) >= 11 is 7.86. The number of thioether (sulfide) groups is 1. The van der Waals surface area contributed by atoms with E-state index in [0.29, 0.717) is 31.3 Å². The maximum atomic E-state index is 12.8. The minimum atomic E-state index is -0.538. The van der Waals surface area contributed by atoms with Gasteiger partial charge in [0.2, 0.25) is 5.91 Å². The van der Waals surface area contributed by atoms with Gasteiger partial charge in [-0.25, -0.2) is 0 Å². The first kappa shape index (κ1) is 22.8. The number of hydrogen-bond acceptors (Lipinski definition) is 6. The average Bonchev–Trinajstić information content (AvgIpc) is 3.15. The van der Waals surface area contributed by atoms with E-state index in [1.807, 2.05) is 0 Å². The van der Waals surface area contributed by atoms with Crippen molar-refractivity contribution in [3.8, 4) is 0 Å². The summed E-state index contributed by atoms with van der Waals surface area (Å²) in [4.78, 5) is 37.1. The summed E-state index contributed by atoms with van der Waals surface area (Å²) in [6.07, 6.45) is 2.48. The van der Waals surface area contributed by atoms with Crippen LogP contribution in [-0.2, 0) is 4.79 Å². The van der Waals surface area contributed by atoms with Crippen molar-refractivity contribution in [1.29, 1.82) is 0 Å². The number of carbonyl (C=O) groups is 2. The predicted molar refractivity (Wildman–Crippen MR) is 118 cm³/mol. The highest BCUT2D eigenvalue weighted by atomic mass is 35.5. The molecule has 0 bridgehead atoms. The number of nitro groups is 1. The van der Waals surface area contributed by atoms with Crippen molar-refractivity contribution in [2.45, 2.75) is 44.0 Å². The van der Waals surface area contributed by atoms with Crippen molar-refractivity contribution < 1.29 is 14.5 Å². The first-order valence-corrected chi connectivity index (χ1v) is 11.5. The smallest absolute Gasteiger partial charge is 0.270 e. The summed E-state index contributed by atoms with van der Waals surface area (Å²) in [5.74, 6) is 0.984. The van der Waals surface area contributed by atoms with Crippen LogP contribution < -0.4 is 10.6 Å². The van der Waals surface area contributed by atoms with Crippen molar-refractivity contribution >= 4 is 40.9 Å². The third-order valence-electron chi connectivity index (χ3n) is 5.85. The molecule has 2 fully saturated rings. The minimum Gasteiger partial charge on any atom is -0.354 e. The zero-order chi connectivity index (χ0) is 21.9.